The molecule has 3 heterocycles. The Bertz CT molecular complexity index is 1210. The Hall–Kier alpha value is -3.84. The van der Waals surface area contributed by atoms with E-state index >= 15 is 0 Å². The number of likely N-dealkylation sites (tertiary alicyclic amines) is 1. The number of carboxylic acids is 1. The second-order valence-corrected chi connectivity index (χ2v) is 7.84. The van der Waals surface area contributed by atoms with Gasteiger partial charge in [0.05, 0.1) is 25.6 Å². The van der Waals surface area contributed by atoms with Crippen molar-refractivity contribution in [2.24, 2.45) is 0 Å². The minimum absolute atomic E-state index is 0.0964. The molecule has 0 amide bonds. The lowest BCUT2D eigenvalue weighted by Gasteiger charge is -2.15. The Labute approximate surface area is 191 Å². The van der Waals surface area contributed by atoms with E-state index in [1.807, 2.05) is 16.8 Å². The Morgan fingerprint density at radius 1 is 1.21 bits per heavy atom. The Morgan fingerprint density at radius 3 is 2.67 bits per heavy atom. The number of anilines is 1. The zero-order valence-electron chi connectivity index (χ0n) is 18.6. The predicted octanol–water partition coefficient (Wildman–Crippen LogP) is 1.94. The van der Waals surface area contributed by atoms with Crippen LogP contribution in [0.1, 0.15) is 36.6 Å². The third-order valence-corrected chi connectivity index (χ3v) is 5.65. The van der Waals surface area contributed by atoms with Crippen LogP contribution in [0.5, 0.6) is 11.5 Å². The minimum Gasteiger partial charge on any atom is -0.497 e. The van der Waals surface area contributed by atoms with Crippen LogP contribution in [0, 0.1) is 11.8 Å². The molecule has 1 atom stereocenters. The summed E-state index contributed by atoms with van der Waals surface area (Å²) in [5.74, 6) is 7.08. The lowest BCUT2D eigenvalue weighted by atomic mass is 10.2. The van der Waals surface area contributed by atoms with Crippen molar-refractivity contribution in [2.45, 2.75) is 25.3 Å². The van der Waals surface area contributed by atoms with Gasteiger partial charge in [0.2, 0.25) is 0 Å². The average molecular weight is 450 g/mol. The van der Waals surface area contributed by atoms with Gasteiger partial charge in [-0.15, -0.1) is 0 Å². The van der Waals surface area contributed by atoms with Gasteiger partial charge < -0.3 is 25.2 Å². The van der Waals surface area contributed by atoms with Crippen LogP contribution in [-0.4, -0.2) is 69.6 Å². The van der Waals surface area contributed by atoms with Crippen LogP contribution in [0.15, 0.2) is 24.5 Å². The Balaban J connectivity index is 1.63. The van der Waals surface area contributed by atoms with Crippen molar-refractivity contribution in [3.63, 3.8) is 0 Å². The number of nitrogens with two attached hydrogens (primary N) is 1. The summed E-state index contributed by atoms with van der Waals surface area (Å²) in [6, 6.07) is 5.52. The molecule has 1 aromatic carbocycles. The Morgan fingerprint density at radius 2 is 1.97 bits per heavy atom. The van der Waals surface area contributed by atoms with Gasteiger partial charge >= 0.3 is 5.97 Å². The van der Waals surface area contributed by atoms with Crippen molar-refractivity contribution < 1.29 is 19.4 Å². The summed E-state index contributed by atoms with van der Waals surface area (Å²) in [6.07, 6.45) is 3.11. The normalized spacial score (nSPS) is 15.9. The maximum atomic E-state index is 10.8. The van der Waals surface area contributed by atoms with Crippen LogP contribution in [0.3, 0.4) is 0 Å². The van der Waals surface area contributed by atoms with E-state index in [1.54, 1.807) is 20.3 Å². The van der Waals surface area contributed by atoms with Gasteiger partial charge in [0.15, 0.2) is 5.65 Å². The molecular formula is C23H26N6O4. The summed E-state index contributed by atoms with van der Waals surface area (Å²) in [7, 11) is 3.18. The lowest BCUT2D eigenvalue weighted by Crippen LogP contribution is -2.23. The Kier molecular flexibility index (Phi) is 6.60. The van der Waals surface area contributed by atoms with Crippen LogP contribution >= 0.6 is 0 Å². The largest absolute Gasteiger partial charge is 0.497 e. The summed E-state index contributed by atoms with van der Waals surface area (Å²) in [5, 5.41) is 14.3. The fourth-order valence-corrected chi connectivity index (χ4v) is 4.02. The molecule has 1 saturated heterocycles. The number of carbonyl (C=O) groups is 1. The maximum Gasteiger partial charge on any atom is 0.303 e. The molecule has 0 bridgehead atoms. The van der Waals surface area contributed by atoms with E-state index in [1.165, 1.54) is 6.33 Å². The lowest BCUT2D eigenvalue weighted by molar-refractivity contribution is -0.137. The molecule has 0 radical (unpaired) electrons. The smallest absolute Gasteiger partial charge is 0.303 e. The number of aliphatic carboxylic acids is 1. The highest BCUT2D eigenvalue weighted by atomic mass is 16.5. The first kappa shape index (κ1) is 22.4. The van der Waals surface area contributed by atoms with Gasteiger partial charge in [0, 0.05) is 31.1 Å². The summed E-state index contributed by atoms with van der Waals surface area (Å²) in [6.45, 7) is 2.38. The summed E-state index contributed by atoms with van der Waals surface area (Å²) in [5.41, 5.74) is 8.04. The number of nitrogen functional groups attached to an aromatic ring is 1. The third kappa shape index (κ3) is 4.99. The molecule has 0 aliphatic carbocycles. The van der Waals surface area contributed by atoms with Crippen molar-refractivity contribution in [2.75, 3.05) is 39.6 Å². The van der Waals surface area contributed by atoms with Crippen LogP contribution in [0.2, 0.25) is 0 Å². The van der Waals surface area contributed by atoms with E-state index in [9.17, 15) is 4.79 Å². The molecule has 33 heavy (non-hydrogen) atoms. The monoisotopic (exact) mass is 450 g/mol. The van der Waals surface area contributed by atoms with E-state index in [0.717, 1.165) is 31.6 Å². The molecule has 0 spiro atoms. The van der Waals surface area contributed by atoms with Crippen molar-refractivity contribution in [1.82, 2.24) is 24.6 Å². The number of ether oxygens (including phenoxy) is 2. The molecule has 3 aromatic rings. The standard InChI is InChI=1S/C23H26N6O4/c1-32-17-10-15(11-18(12-17)33-2)5-6-19-21-22(24)25-14-26-23(21)29(27-19)16-7-9-28(13-16)8-3-4-20(30)31/h10-12,14,16H,3-4,7-9,13H2,1-2H3,(H,30,31)(H2,24,25,26)/t16-/m0/s1. The molecule has 2 aromatic heterocycles. The first-order valence-electron chi connectivity index (χ1n) is 10.7. The summed E-state index contributed by atoms with van der Waals surface area (Å²) in [4.78, 5) is 21.6. The summed E-state index contributed by atoms with van der Waals surface area (Å²) >= 11 is 0. The van der Waals surface area contributed by atoms with Gasteiger partial charge in [-0.3, -0.25) is 4.79 Å². The first-order valence-corrected chi connectivity index (χ1v) is 10.7. The number of carboxylic acid groups (broad SMARTS) is 1. The van der Waals surface area contributed by atoms with E-state index < -0.39 is 5.97 Å². The third-order valence-electron chi connectivity index (χ3n) is 5.65. The zero-order chi connectivity index (χ0) is 23.4. The molecule has 4 rings (SSSR count). The van der Waals surface area contributed by atoms with Gasteiger partial charge in [-0.1, -0.05) is 5.92 Å². The number of methoxy groups -OCH3 is 2. The molecule has 1 aliphatic heterocycles. The number of benzene rings is 1. The van der Waals surface area contributed by atoms with Gasteiger partial charge in [-0.25, -0.2) is 14.6 Å². The highest BCUT2D eigenvalue weighted by Crippen LogP contribution is 2.29. The second-order valence-electron chi connectivity index (χ2n) is 7.84. The van der Waals surface area contributed by atoms with Crippen LogP contribution in [0.4, 0.5) is 5.82 Å². The predicted molar refractivity (Wildman–Crippen MR) is 122 cm³/mol. The first-order chi connectivity index (χ1) is 16.0. The number of rotatable bonds is 7. The zero-order valence-corrected chi connectivity index (χ0v) is 18.6. The van der Waals surface area contributed by atoms with E-state index in [2.05, 4.69) is 26.7 Å². The number of aromatic nitrogens is 4. The fraction of sp³-hybridized carbons (Fsp3) is 0.391. The molecule has 1 aliphatic rings. The molecule has 10 heteroatoms. The SMILES string of the molecule is COc1cc(C#Cc2nn([C@H]3CCN(CCCC(=O)O)C3)c3ncnc(N)c23)cc(OC)c1. The molecule has 1 fully saturated rings. The van der Waals surface area contributed by atoms with Crippen LogP contribution in [0.25, 0.3) is 11.0 Å². The molecular weight excluding hydrogens is 424 g/mol. The second kappa shape index (κ2) is 9.75. The molecule has 0 saturated carbocycles. The number of fused-ring (bicyclic) bond motifs is 1. The van der Waals surface area contributed by atoms with Crippen molar-refractivity contribution in [3.8, 4) is 23.3 Å². The van der Waals surface area contributed by atoms with Crippen molar-refractivity contribution in [3.05, 3.63) is 35.8 Å². The van der Waals surface area contributed by atoms with Gasteiger partial charge in [-0.05, 0) is 37.4 Å². The number of hydrogen-bond donors (Lipinski definition) is 2. The van der Waals surface area contributed by atoms with Crippen LogP contribution < -0.4 is 15.2 Å². The molecule has 10 nitrogen and oxygen atoms in total. The van der Waals surface area contributed by atoms with Crippen molar-refractivity contribution in [1.29, 1.82) is 0 Å². The van der Waals surface area contributed by atoms with Gasteiger partial charge in [0.1, 0.15) is 29.3 Å². The van der Waals surface area contributed by atoms with Crippen molar-refractivity contribution >= 4 is 22.8 Å². The highest BCUT2D eigenvalue weighted by molar-refractivity contribution is 5.90. The van der Waals surface area contributed by atoms with E-state index in [4.69, 9.17) is 25.4 Å². The topological polar surface area (TPSA) is 129 Å². The van der Waals surface area contributed by atoms with Gasteiger partial charge in [0.25, 0.3) is 0 Å². The van der Waals surface area contributed by atoms with E-state index in [0.29, 0.717) is 40.5 Å². The highest BCUT2D eigenvalue weighted by Gasteiger charge is 2.27. The quantitative estimate of drug-likeness (QED) is 0.519. The summed E-state index contributed by atoms with van der Waals surface area (Å²) < 4.78 is 12.5. The number of nitrogens with zero attached hydrogens (tertiary/aromatic N) is 5. The average Bonchev–Trinajstić information content (AvgIpc) is 3.42. The van der Waals surface area contributed by atoms with E-state index in [-0.39, 0.29) is 12.5 Å². The van der Waals surface area contributed by atoms with Crippen LogP contribution in [-0.2, 0) is 4.79 Å². The maximum absolute atomic E-state index is 10.8. The molecule has 3 N–H and O–H groups in total. The fourth-order valence-electron chi connectivity index (χ4n) is 4.02. The molecule has 0 unspecified atom stereocenters. The number of hydrogen-bond acceptors (Lipinski definition) is 8. The van der Waals surface area contributed by atoms with Gasteiger partial charge in [-0.2, -0.15) is 5.10 Å². The minimum atomic E-state index is -0.770. The molecule has 172 valence electrons.